The molecular weight excluding hydrogens is 202 g/mol. The van der Waals surface area contributed by atoms with Crippen molar-refractivity contribution in [1.29, 1.82) is 0 Å². The molecular formula is C13H25NO2. The lowest BCUT2D eigenvalue weighted by atomic mass is 9.76. The molecule has 1 aliphatic rings. The van der Waals surface area contributed by atoms with Crippen LogP contribution < -0.4 is 0 Å². The van der Waals surface area contributed by atoms with Crippen LogP contribution in [0.15, 0.2) is 0 Å². The van der Waals surface area contributed by atoms with E-state index in [0.717, 1.165) is 32.4 Å². The Kier molecular flexibility index (Phi) is 4.78. The Morgan fingerprint density at radius 3 is 2.06 bits per heavy atom. The molecule has 1 heterocycles. The highest BCUT2D eigenvalue weighted by Gasteiger charge is 2.40. The minimum absolute atomic E-state index is 0.442. The molecule has 0 saturated carbocycles. The second-order valence-electron chi connectivity index (χ2n) is 4.95. The number of aliphatic carboxylic acids is 1. The Morgan fingerprint density at radius 2 is 1.75 bits per heavy atom. The highest BCUT2D eigenvalue weighted by molar-refractivity contribution is 5.74. The molecule has 1 N–H and O–H groups in total. The molecule has 16 heavy (non-hydrogen) atoms. The number of nitrogens with zero attached hydrogens (tertiary/aromatic N) is 1. The molecule has 0 aliphatic carbocycles. The van der Waals surface area contributed by atoms with Crippen LogP contribution >= 0.6 is 0 Å². The summed E-state index contributed by atoms with van der Waals surface area (Å²) in [6.07, 6.45) is 4.73. The average Bonchev–Trinajstić information content (AvgIpc) is 2.31. The van der Waals surface area contributed by atoms with Gasteiger partial charge in [-0.1, -0.05) is 20.8 Å². The number of rotatable bonds is 5. The highest BCUT2D eigenvalue weighted by Crippen LogP contribution is 2.36. The van der Waals surface area contributed by atoms with Gasteiger partial charge in [0.25, 0.3) is 0 Å². The van der Waals surface area contributed by atoms with E-state index in [9.17, 15) is 9.90 Å². The molecule has 3 heteroatoms. The molecule has 0 unspecified atom stereocenters. The van der Waals surface area contributed by atoms with Crippen molar-refractivity contribution in [3.05, 3.63) is 0 Å². The summed E-state index contributed by atoms with van der Waals surface area (Å²) in [5.41, 5.74) is -0.442. The zero-order chi connectivity index (χ0) is 12.2. The fourth-order valence-electron chi connectivity index (χ4n) is 2.84. The summed E-state index contributed by atoms with van der Waals surface area (Å²) in [4.78, 5) is 13.8. The van der Waals surface area contributed by atoms with Gasteiger partial charge in [0.05, 0.1) is 5.41 Å². The van der Waals surface area contributed by atoms with E-state index in [1.165, 1.54) is 12.8 Å². The maximum Gasteiger partial charge on any atom is 0.309 e. The van der Waals surface area contributed by atoms with E-state index < -0.39 is 11.4 Å². The Balaban J connectivity index is 2.58. The van der Waals surface area contributed by atoms with Crippen molar-refractivity contribution < 1.29 is 9.90 Å². The van der Waals surface area contributed by atoms with Crippen LogP contribution in [0.25, 0.3) is 0 Å². The summed E-state index contributed by atoms with van der Waals surface area (Å²) in [6, 6.07) is 0.642. The van der Waals surface area contributed by atoms with Crippen molar-refractivity contribution in [3.8, 4) is 0 Å². The average molecular weight is 227 g/mol. The van der Waals surface area contributed by atoms with Gasteiger partial charge >= 0.3 is 5.97 Å². The molecule has 0 aromatic carbocycles. The Morgan fingerprint density at radius 1 is 1.25 bits per heavy atom. The second kappa shape index (κ2) is 5.67. The second-order valence-corrected chi connectivity index (χ2v) is 4.95. The minimum Gasteiger partial charge on any atom is -0.481 e. The van der Waals surface area contributed by atoms with Gasteiger partial charge in [-0.25, -0.2) is 0 Å². The van der Waals surface area contributed by atoms with Crippen molar-refractivity contribution >= 4 is 5.97 Å². The zero-order valence-electron chi connectivity index (χ0n) is 10.8. The normalized spacial score (nSPS) is 21.2. The fourth-order valence-corrected chi connectivity index (χ4v) is 2.84. The predicted molar refractivity (Wildman–Crippen MR) is 65.5 cm³/mol. The highest BCUT2D eigenvalue weighted by atomic mass is 16.4. The van der Waals surface area contributed by atoms with Crippen LogP contribution in [0.3, 0.4) is 0 Å². The first-order valence-electron chi connectivity index (χ1n) is 6.57. The van der Waals surface area contributed by atoms with E-state index in [4.69, 9.17) is 0 Å². The van der Waals surface area contributed by atoms with Gasteiger partial charge in [-0.2, -0.15) is 0 Å². The number of hydrogen-bond donors (Lipinski definition) is 1. The van der Waals surface area contributed by atoms with Crippen LogP contribution in [-0.2, 0) is 4.79 Å². The maximum absolute atomic E-state index is 11.3. The van der Waals surface area contributed by atoms with Crippen LogP contribution in [0.4, 0.5) is 0 Å². The molecule has 1 fully saturated rings. The topological polar surface area (TPSA) is 40.5 Å². The number of carboxylic acid groups (broad SMARTS) is 1. The summed E-state index contributed by atoms with van der Waals surface area (Å²) >= 11 is 0. The van der Waals surface area contributed by atoms with Gasteiger partial charge in [0.2, 0.25) is 0 Å². The molecule has 3 nitrogen and oxygen atoms in total. The van der Waals surface area contributed by atoms with E-state index >= 15 is 0 Å². The van der Waals surface area contributed by atoms with Gasteiger partial charge in [-0.15, -0.1) is 0 Å². The number of hydrogen-bond acceptors (Lipinski definition) is 2. The van der Waals surface area contributed by atoms with E-state index in [1.54, 1.807) is 0 Å². The number of piperidine rings is 1. The van der Waals surface area contributed by atoms with E-state index in [-0.39, 0.29) is 0 Å². The van der Waals surface area contributed by atoms with Crippen molar-refractivity contribution in [2.24, 2.45) is 5.41 Å². The smallest absolute Gasteiger partial charge is 0.309 e. The van der Waals surface area contributed by atoms with Crippen LogP contribution in [0.5, 0.6) is 0 Å². The summed E-state index contributed by atoms with van der Waals surface area (Å²) < 4.78 is 0. The number of likely N-dealkylation sites (tertiary alicyclic amines) is 1. The molecule has 1 saturated heterocycles. The van der Waals surface area contributed by atoms with Crippen molar-refractivity contribution in [1.82, 2.24) is 4.90 Å². The summed E-state index contributed by atoms with van der Waals surface area (Å²) in [5.74, 6) is -0.598. The first kappa shape index (κ1) is 13.5. The first-order valence-corrected chi connectivity index (χ1v) is 6.57. The Labute approximate surface area is 98.8 Å². The van der Waals surface area contributed by atoms with Gasteiger partial charge in [-0.05, 0) is 45.2 Å². The first-order chi connectivity index (χ1) is 7.59. The van der Waals surface area contributed by atoms with Crippen LogP contribution in [-0.4, -0.2) is 35.1 Å². The van der Waals surface area contributed by atoms with E-state index in [2.05, 4.69) is 18.7 Å². The SMILES string of the molecule is CCC(CC)N1CCC(CC)(C(=O)O)CC1. The summed E-state index contributed by atoms with van der Waals surface area (Å²) in [5, 5.41) is 9.31. The maximum atomic E-state index is 11.3. The fraction of sp³-hybridized carbons (Fsp3) is 0.923. The molecule has 0 atom stereocenters. The summed E-state index contributed by atoms with van der Waals surface area (Å²) in [7, 11) is 0. The molecule has 0 aromatic heterocycles. The third kappa shape index (κ3) is 2.57. The minimum atomic E-state index is -0.598. The molecule has 0 bridgehead atoms. The largest absolute Gasteiger partial charge is 0.481 e. The molecule has 1 rings (SSSR count). The van der Waals surface area contributed by atoms with Gasteiger partial charge in [-0.3, -0.25) is 4.79 Å². The van der Waals surface area contributed by atoms with Crippen molar-refractivity contribution in [3.63, 3.8) is 0 Å². The predicted octanol–water partition coefficient (Wildman–Crippen LogP) is 2.75. The van der Waals surface area contributed by atoms with Gasteiger partial charge in [0.15, 0.2) is 0 Å². The molecule has 0 spiro atoms. The Hall–Kier alpha value is -0.570. The molecule has 0 radical (unpaired) electrons. The monoisotopic (exact) mass is 227 g/mol. The zero-order valence-corrected chi connectivity index (χ0v) is 10.8. The number of carbonyl (C=O) groups is 1. The Bertz CT molecular complexity index is 228. The van der Waals surface area contributed by atoms with Gasteiger partial charge in [0.1, 0.15) is 0 Å². The van der Waals surface area contributed by atoms with Crippen LogP contribution in [0.1, 0.15) is 52.9 Å². The van der Waals surface area contributed by atoms with Crippen molar-refractivity contribution in [2.45, 2.75) is 58.9 Å². The van der Waals surface area contributed by atoms with Crippen LogP contribution in [0.2, 0.25) is 0 Å². The lowest BCUT2D eigenvalue weighted by molar-refractivity contribution is -0.152. The quantitative estimate of drug-likeness (QED) is 0.785. The van der Waals surface area contributed by atoms with Gasteiger partial charge < -0.3 is 10.0 Å². The molecule has 94 valence electrons. The van der Waals surface area contributed by atoms with E-state index in [0.29, 0.717) is 6.04 Å². The lowest BCUT2D eigenvalue weighted by Gasteiger charge is -2.41. The number of carboxylic acids is 1. The molecule has 0 aromatic rings. The van der Waals surface area contributed by atoms with Crippen LogP contribution in [0, 0.1) is 5.41 Å². The lowest BCUT2D eigenvalue weighted by Crippen LogP contribution is -2.47. The summed E-state index contributed by atoms with van der Waals surface area (Å²) in [6.45, 7) is 8.33. The standard InChI is InChI=1S/C13H25NO2/c1-4-11(5-2)14-9-7-13(6-3,8-10-14)12(15)16/h11H,4-10H2,1-3H3,(H,15,16). The third-order valence-corrected chi connectivity index (χ3v) is 4.34. The van der Waals surface area contributed by atoms with E-state index in [1.807, 2.05) is 6.92 Å². The molecule has 1 aliphatic heterocycles. The third-order valence-electron chi connectivity index (χ3n) is 4.34. The van der Waals surface area contributed by atoms with Crippen molar-refractivity contribution in [2.75, 3.05) is 13.1 Å². The van der Waals surface area contributed by atoms with Gasteiger partial charge in [0, 0.05) is 6.04 Å². The molecule has 0 amide bonds.